The van der Waals surface area contributed by atoms with Gasteiger partial charge in [-0.05, 0) is 19.1 Å². The van der Waals surface area contributed by atoms with Gasteiger partial charge in [-0.1, -0.05) is 0 Å². The van der Waals surface area contributed by atoms with Gasteiger partial charge < -0.3 is 29.3 Å². The Kier molecular flexibility index (Phi) is 4.43. The summed E-state index contributed by atoms with van der Waals surface area (Å²) in [6.07, 6.45) is 0. The maximum absolute atomic E-state index is 12.3. The molecule has 0 radical (unpaired) electrons. The number of carbonyl (C=O) groups excluding carboxylic acids is 1. The molecule has 7 nitrogen and oxygen atoms in total. The van der Waals surface area contributed by atoms with E-state index in [1.54, 1.807) is 0 Å². The number of amides is 1. The molecule has 4 rings (SSSR count). The summed E-state index contributed by atoms with van der Waals surface area (Å²) < 4.78 is 17.3. The van der Waals surface area contributed by atoms with Gasteiger partial charge in [0.25, 0.3) is 0 Å². The van der Waals surface area contributed by atoms with Gasteiger partial charge in [0.05, 0.1) is 23.7 Å². The summed E-state index contributed by atoms with van der Waals surface area (Å²) in [5, 5.41) is 2.93. The molecule has 1 amide bonds. The molecule has 0 spiro atoms. The molecule has 2 aliphatic heterocycles. The first kappa shape index (κ1) is 17.3. The highest BCUT2D eigenvalue weighted by atomic mass is 16.6. The van der Waals surface area contributed by atoms with Crippen molar-refractivity contribution in [1.29, 1.82) is 0 Å². The number of anilines is 4. The van der Waals surface area contributed by atoms with E-state index in [2.05, 4.69) is 5.32 Å². The summed E-state index contributed by atoms with van der Waals surface area (Å²) in [5.41, 5.74) is 3.44. The highest BCUT2D eigenvalue weighted by Gasteiger charge is 2.28. The second-order valence-corrected chi connectivity index (χ2v) is 6.63. The van der Waals surface area contributed by atoms with Crippen LogP contribution in [0.2, 0.25) is 0 Å². The zero-order chi connectivity index (χ0) is 19.0. The Morgan fingerprint density at radius 2 is 1.85 bits per heavy atom. The number of nitrogens with zero attached hydrogens (tertiary/aromatic N) is 2. The molecule has 0 aliphatic carbocycles. The van der Waals surface area contributed by atoms with E-state index in [0.29, 0.717) is 37.0 Å². The molecule has 2 aliphatic rings. The summed E-state index contributed by atoms with van der Waals surface area (Å²) in [6.45, 7) is 3.71. The highest BCUT2D eigenvalue weighted by Crippen LogP contribution is 2.46. The van der Waals surface area contributed by atoms with E-state index in [1.165, 1.54) is 0 Å². The van der Waals surface area contributed by atoms with Crippen molar-refractivity contribution in [1.82, 2.24) is 0 Å². The van der Waals surface area contributed by atoms with Crippen molar-refractivity contribution in [2.45, 2.75) is 6.92 Å². The number of carbonyl (C=O) groups is 1. The number of fused-ring (bicyclic) bond motifs is 2. The van der Waals surface area contributed by atoms with E-state index in [4.69, 9.17) is 14.2 Å². The quantitative estimate of drug-likeness (QED) is 0.894. The van der Waals surface area contributed by atoms with Crippen molar-refractivity contribution in [3.63, 3.8) is 0 Å². The molecule has 0 bridgehead atoms. The predicted octanol–water partition coefficient (Wildman–Crippen LogP) is 3.01. The fraction of sp³-hybridized carbons (Fsp3) is 0.350. The molecule has 1 N–H and O–H groups in total. The van der Waals surface area contributed by atoms with E-state index in [9.17, 15) is 4.79 Å². The summed E-state index contributed by atoms with van der Waals surface area (Å²) in [4.78, 5) is 16.3. The highest BCUT2D eigenvalue weighted by molar-refractivity contribution is 6.04. The molecule has 0 saturated carbocycles. The molecule has 0 atom stereocenters. The molecular formula is C20H23N3O4. The van der Waals surface area contributed by atoms with Crippen LogP contribution < -0.4 is 29.3 Å². The van der Waals surface area contributed by atoms with Gasteiger partial charge >= 0.3 is 0 Å². The number of rotatable bonds is 4. The molecule has 2 heterocycles. The molecule has 0 fully saturated rings. The first-order valence-corrected chi connectivity index (χ1v) is 9.02. The Morgan fingerprint density at radius 1 is 1.11 bits per heavy atom. The largest absolute Gasteiger partial charge is 0.492 e. The van der Waals surface area contributed by atoms with E-state index in [1.807, 2.05) is 61.2 Å². The lowest BCUT2D eigenvalue weighted by Gasteiger charge is -2.33. The Morgan fingerprint density at radius 3 is 2.56 bits per heavy atom. The van der Waals surface area contributed by atoms with Crippen LogP contribution >= 0.6 is 0 Å². The van der Waals surface area contributed by atoms with E-state index < -0.39 is 0 Å². The number of hydrogen-bond acceptors (Lipinski definition) is 6. The fourth-order valence-electron chi connectivity index (χ4n) is 3.31. The molecule has 0 saturated heterocycles. The number of benzene rings is 2. The molecule has 0 unspecified atom stereocenters. The Hall–Kier alpha value is -3.09. The SMILES string of the molecule is CCOc1cc(N(C)C)ccc1N1CC(=O)Nc2cc3c(cc21)OCCO3. The first-order valence-electron chi connectivity index (χ1n) is 9.02. The lowest BCUT2D eigenvalue weighted by molar-refractivity contribution is -0.115. The topological polar surface area (TPSA) is 63.3 Å². The second-order valence-electron chi connectivity index (χ2n) is 6.63. The first-order chi connectivity index (χ1) is 13.1. The molecular weight excluding hydrogens is 346 g/mol. The van der Waals surface area contributed by atoms with Gasteiger partial charge in [0, 0.05) is 38.0 Å². The maximum Gasteiger partial charge on any atom is 0.244 e. The average molecular weight is 369 g/mol. The Labute approximate surface area is 158 Å². The maximum atomic E-state index is 12.3. The molecule has 142 valence electrons. The zero-order valence-corrected chi connectivity index (χ0v) is 15.7. The fourth-order valence-corrected chi connectivity index (χ4v) is 3.31. The normalized spacial score (nSPS) is 15.1. The summed E-state index contributed by atoms with van der Waals surface area (Å²) in [7, 11) is 3.97. The van der Waals surface area contributed by atoms with Crippen molar-refractivity contribution in [3.05, 3.63) is 30.3 Å². The summed E-state index contributed by atoms with van der Waals surface area (Å²) in [6, 6.07) is 9.73. The molecule has 2 aromatic carbocycles. The molecule has 27 heavy (non-hydrogen) atoms. The van der Waals surface area contributed by atoms with Crippen LogP contribution in [-0.2, 0) is 4.79 Å². The van der Waals surface area contributed by atoms with Gasteiger partial charge in [-0.2, -0.15) is 0 Å². The third-order valence-corrected chi connectivity index (χ3v) is 4.58. The van der Waals surface area contributed by atoms with Gasteiger partial charge in [-0.3, -0.25) is 4.79 Å². The summed E-state index contributed by atoms with van der Waals surface area (Å²) >= 11 is 0. The number of hydrogen-bond donors (Lipinski definition) is 1. The average Bonchev–Trinajstić information content (AvgIpc) is 2.66. The van der Waals surface area contributed by atoms with Crippen LogP contribution in [-0.4, -0.2) is 46.4 Å². The van der Waals surface area contributed by atoms with Gasteiger partial charge in [-0.25, -0.2) is 0 Å². The second kappa shape index (κ2) is 6.90. The van der Waals surface area contributed by atoms with Gasteiger partial charge in [0.1, 0.15) is 25.5 Å². The minimum absolute atomic E-state index is 0.0849. The smallest absolute Gasteiger partial charge is 0.244 e. The molecule has 7 heteroatoms. The van der Waals surface area contributed by atoms with Crippen molar-refractivity contribution in [3.8, 4) is 17.2 Å². The lowest BCUT2D eigenvalue weighted by Crippen LogP contribution is -2.35. The Balaban J connectivity index is 1.82. The summed E-state index contributed by atoms with van der Waals surface area (Å²) in [5.74, 6) is 1.98. The minimum atomic E-state index is -0.0849. The number of nitrogens with one attached hydrogen (secondary N) is 1. The van der Waals surface area contributed by atoms with Crippen LogP contribution in [0, 0.1) is 0 Å². The van der Waals surface area contributed by atoms with Crippen molar-refractivity contribution < 1.29 is 19.0 Å². The van der Waals surface area contributed by atoms with Gasteiger partial charge in [0.2, 0.25) is 5.91 Å². The van der Waals surface area contributed by atoms with E-state index in [-0.39, 0.29) is 12.5 Å². The van der Waals surface area contributed by atoms with Crippen molar-refractivity contribution >= 4 is 28.7 Å². The standard InChI is InChI=1S/C20H23N3O4/c1-4-25-17-9-13(22(2)3)5-6-15(17)23-12-20(24)21-14-10-18-19(11-16(14)23)27-8-7-26-18/h5-6,9-11H,4,7-8,12H2,1-3H3,(H,21,24). The van der Waals surface area contributed by atoms with Crippen LogP contribution in [0.3, 0.4) is 0 Å². The third-order valence-electron chi connectivity index (χ3n) is 4.58. The number of ether oxygens (including phenoxy) is 3. The van der Waals surface area contributed by atoms with Crippen LogP contribution in [0.4, 0.5) is 22.7 Å². The molecule has 2 aromatic rings. The lowest BCUT2D eigenvalue weighted by atomic mass is 10.1. The van der Waals surface area contributed by atoms with Crippen LogP contribution in [0.15, 0.2) is 30.3 Å². The van der Waals surface area contributed by atoms with Crippen molar-refractivity contribution in [2.75, 3.05) is 55.6 Å². The minimum Gasteiger partial charge on any atom is -0.492 e. The van der Waals surface area contributed by atoms with Crippen molar-refractivity contribution in [2.24, 2.45) is 0 Å². The van der Waals surface area contributed by atoms with Crippen LogP contribution in [0.25, 0.3) is 0 Å². The molecule has 0 aromatic heterocycles. The van der Waals surface area contributed by atoms with Gasteiger partial charge in [-0.15, -0.1) is 0 Å². The van der Waals surface area contributed by atoms with Crippen LogP contribution in [0.5, 0.6) is 17.2 Å². The van der Waals surface area contributed by atoms with E-state index in [0.717, 1.165) is 22.8 Å². The van der Waals surface area contributed by atoms with Gasteiger partial charge in [0.15, 0.2) is 11.5 Å². The predicted molar refractivity (Wildman–Crippen MR) is 105 cm³/mol. The van der Waals surface area contributed by atoms with Crippen LogP contribution in [0.1, 0.15) is 6.92 Å². The van der Waals surface area contributed by atoms with E-state index >= 15 is 0 Å². The Bertz CT molecular complexity index is 882. The third kappa shape index (κ3) is 3.20. The zero-order valence-electron chi connectivity index (χ0n) is 15.7. The monoisotopic (exact) mass is 369 g/mol.